The molecule has 10 rings (SSSR count). The number of nitrogens with one attached hydrogen (secondary N) is 2. The molecular weight excluding hydrogens is 891 g/mol. The molecule has 2 aromatic carbocycles. The van der Waals surface area contributed by atoms with E-state index in [0.717, 1.165) is 63.9 Å². The van der Waals surface area contributed by atoms with Crippen LogP contribution in [0.25, 0.3) is 21.8 Å². The number of guanidine groups is 2. The number of halogens is 2. The van der Waals surface area contributed by atoms with E-state index in [1.54, 1.807) is 10.8 Å². The Morgan fingerprint density at radius 1 is 0.783 bits per heavy atom. The molecule has 8 heterocycles. The fourth-order valence-corrected chi connectivity index (χ4v) is 11.9. The Labute approximate surface area is 397 Å². The first-order valence-corrected chi connectivity index (χ1v) is 24.3. The minimum absolute atomic E-state index is 0.0142. The average Bonchev–Trinajstić information content (AvgIpc) is 3.74. The van der Waals surface area contributed by atoms with Crippen LogP contribution in [0.4, 0.5) is 20.2 Å². The van der Waals surface area contributed by atoms with Gasteiger partial charge in [0.05, 0.1) is 33.9 Å². The minimum Gasteiger partial charge on any atom is -0.487 e. The first-order chi connectivity index (χ1) is 33.2. The molecule has 20 heteroatoms. The number of nitrogens with two attached hydrogens (primary N) is 2. The number of anilines is 2. The second-order valence-electron chi connectivity index (χ2n) is 19.7. The summed E-state index contributed by atoms with van der Waals surface area (Å²) in [7, 11) is 0. The number of carbonyl (C=O) groups is 1. The van der Waals surface area contributed by atoms with Crippen molar-refractivity contribution in [2.75, 3.05) is 55.7 Å². The predicted molar refractivity (Wildman–Crippen MR) is 261 cm³/mol. The van der Waals surface area contributed by atoms with Gasteiger partial charge in [-0.2, -0.15) is 4.99 Å². The van der Waals surface area contributed by atoms with Crippen molar-refractivity contribution in [3.8, 4) is 11.5 Å². The number of ether oxygens (including phenoxy) is 2. The molecule has 4 fully saturated rings. The molecule has 4 aromatic rings. The molecule has 4 saturated heterocycles. The van der Waals surface area contributed by atoms with Crippen molar-refractivity contribution in [2.45, 2.75) is 121 Å². The number of aromatic carboxylic acids is 1. The van der Waals surface area contributed by atoms with Gasteiger partial charge < -0.3 is 60.2 Å². The number of unbranched alkanes of at least 4 members (excludes halogenated alkanes) is 4. The van der Waals surface area contributed by atoms with Gasteiger partial charge in [0.25, 0.3) is 0 Å². The average molecular weight is 951 g/mol. The van der Waals surface area contributed by atoms with Gasteiger partial charge in [0.1, 0.15) is 36.0 Å². The van der Waals surface area contributed by atoms with E-state index in [4.69, 9.17) is 31.8 Å². The number of rotatable bonds is 13. The molecule has 366 valence electrons. The molecule has 6 aliphatic heterocycles. The van der Waals surface area contributed by atoms with Crippen LogP contribution in [-0.2, 0) is 0 Å². The van der Waals surface area contributed by atoms with Gasteiger partial charge >= 0.3 is 5.97 Å². The van der Waals surface area contributed by atoms with Crippen molar-refractivity contribution in [3.63, 3.8) is 0 Å². The monoisotopic (exact) mass is 950 g/mol. The number of pyridine rings is 2. The number of aromatic nitrogens is 2. The van der Waals surface area contributed by atoms with Gasteiger partial charge in [-0.1, -0.05) is 19.3 Å². The fraction of sp³-hybridized carbons (Fsp3) is 0.531. The van der Waals surface area contributed by atoms with Gasteiger partial charge in [0.2, 0.25) is 11.4 Å². The lowest BCUT2D eigenvalue weighted by molar-refractivity contribution is 0.0694. The zero-order chi connectivity index (χ0) is 48.4. The molecule has 6 atom stereocenters. The van der Waals surface area contributed by atoms with E-state index in [2.05, 4.69) is 14.9 Å². The highest BCUT2D eigenvalue weighted by molar-refractivity contribution is 6.01. The lowest BCUT2D eigenvalue weighted by atomic mass is 10.0. The van der Waals surface area contributed by atoms with Gasteiger partial charge in [0.15, 0.2) is 34.5 Å². The van der Waals surface area contributed by atoms with Gasteiger partial charge in [-0.15, -0.1) is 0 Å². The van der Waals surface area contributed by atoms with E-state index < -0.39 is 28.6 Å². The van der Waals surface area contributed by atoms with Crippen molar-refractivity contribution in [1.29, 1.82) is 10.8 Å². The zero-order valence-electron chi connectivity index (χ0n) is 39.1. The fourth-order valence-electron chi connectivity index (χ4n) is 11.9. The number of benzene rings is 2. The molecule has 7 N–H and O–H groups in total. The molecule has 69 heavy (non-hydrogen) atoms. The van der Waals surface area contributed by atoms with Crippen LogP contribution < -0.4 is 41.6 Å². The smallest absolute Gasteiger partial charge is 0.341 e. The highest BCUT2D eigenvalue weighted by Crippen LogP contribution is 2.46. The van der Waals surface area contributed by atoms with Gasteiger partial charge in [-0.25, -0.2) is 13.6 Å². The summed E-state index contributed by atoms with van der Waals surface area (Å²) in [6.07, 6.45) is 11.9. The number of hydrogen-bond acceptors (Lipinski definition) is 10. The number of carboxylic acids is 1. The van der Waals surface area contributed by atoms with Gasteiger partial charge in [0, 0.05) is 87.5 Å². The number of aliphatic imine (C=N–C) groups is 2. The maximum absolute atomic E-state index is 16.0. The van der Waals surface area contributed by atoms with Crippen LogP contribution in [-0.4, -0.2) is 124 Å². The van der Waals surface area contributed by atoms with Crippen molar-refractivity contribution >= 4 is 62.6 Å². The Kier molecular flexibility index (Phi) is 12.2. The summed E-state index contributed by atoms with van der Waals surface area (Å²) in [4.78, 5) is 54.7. The standard InChI is InChI=1S/C49H60F2N12O6/c1-26-24-68-45-40-33(38(64)13-15-60(26)40)17-36(50)42(45)58-19-29-9-10-30(20-58)62(29)39(53)16-28(52)8-6-4-3-5-7-14-56-48(54)57-49(55)63-31-11-12-32(63)22-59(21-31)43-37(51)18-34-41-46(43)69-25-27(2)61(41)23-35(44(34)65)47(66)67/h13,15,17-18,23,26-27,29-32,52-53H,3-12,14,16,19-22,24-25H2,1-2H3,(H,66,67)(H4,54,55,56,57). The third kappa shape index (κ3) is 8.28. The van der Waals surface area contributed by atoms with Crippen molar-refractivity contribution in [3.05, 3.63) is 68.2 Å². The predicted octanol–water partition coefficient (Wildman–Crippen LogP) is 5.56. The largest absolute Gasteiger partial charge is 0.487 e. The van der Waals surface area contributed by atoms with Gasteiger partial charge in [-0.05, 0) is 70.9 Å². The van der Waals surface area contributed by atoms with Crippen LogP contribution in [0.3, 0.4) is 0 Å². The number of piperazine rings is 2. The lowest BCUT2D eigenvalue weighted by Gasteiger charge is -2.44. The van der Waals surface area contributed by atoms with Crippen molar-refractivity contribution in [2.24, 2.45) is 21.5 Å². The number of fused-ring (bicyclic) bond motifs is 4. The quantitative estimate of drug-likeness (QED) is 0.0629. The molecule has 18 nitrogen and oxygen atoms in total. The Morgan fingerprint density at radius 2 is 1.32 bits per heavy atom. The second-order valence-corrected chi connectivity index (χ2v) is 19.7. The summed E-state index contributed by atoms with van der Waals surface area (Å²) >= 11 is 0. The van der Waals surface area contributed by atoms with Crippen LogP contribution in [0.5, 0.6) is 11.5 Å². The SMILES string of the molecule is CC1COc2c(N3CC4CCC(C3)N4C(=N)CC(=N)CCCCCCCN=C(N)N=C(N)N3C4CCC3CN(c3c(F)cc5c(=O)c(C(=O)O)cn6c5c3OCC6C)C4)c(F)cc3c(=O)ccn1c23. The maximum atomic E-state index is 16.0. The van der Waals surface area contributed by atoms with E-state index >= 15 is 8.78 Å². The van der Waals surface area contributed by atoms with E-state index in [9.17, 15) is 19.5 Å². The molecule has 0 amide bonds. The molecule has 0 aliphatic carbocycles. The summed E-state index contributed by atoms with van der Waals surface area (Å²) in [5.74, 6) is -1.01. The normalized spacial score (nSPS) is 24.0. The third-order valence-corrected chi connectivity index (χ3v) is 15.1. The molecule has 6 unspecified atom stereocenters. The molecule has 0 radical (unpaired) electrons. The maximum Gasteiger partial charge on any atom is 0.341 e. The van der Waals surface area contributed by atoms with E-state index in [1.807, 2.05) is 33.1 Å². The molecule has 4 bridgehead atoms. The Morgan fingerprint density at radius 3 is 1.93 bits per heavy atom. The highest BCUT2D eigenvalue weighted by atomic mass is 19.1. The zero-order valence-corrected chi connectivity index (χ0v) is 39.1. The van der Waals surface area contributed by atoms with E-state index in [0.29, 0.717) is 91.6 Å². The van der Waals surface area contributed by atoms with Crippen LogP contribution in [0.15, 0.2) is 50.2 Å². The molecule has 2 aromatic heterocycles. The second kappa shape index (κ2) is 18.3. The topological polar surface area (TPSA) is 237 Å². The summed E-state index contributed by atoms with van der Waals surface area (Å²) in [6, 6.07) is 3.61. The van der Waals surface area contributed by atoms with Crippen LogP contribution in [0.1, 0.15) is 107 Å². The van der Waals surface area contributed by atoms with E-state index in [-0.39, 0.29) is 77.0 Å². The van der Waals surface area contributed by atoms with Crippen molar-refractivity contribution in [1.82, 2.24) is 18.9 Å². The number of carboxylic acid groups (broad SMARTS) is 1. The first-order valence-electron chi connectivity index (χ1n) is 24.3. The molecule has 6 aliphatic rings. The lowest BCUT2D eigenvalue weighted by Crippen LogP contribution is -2.58. The third-order valence-electron chi connectivity index (χ3n) is 15.1. The summed E-state index contributed by atoms with van der Waals surface area (Å²) in [5, 5.41) is 27.6. The van der Waals surface area contributed by atoms with E-state index in [1.165, 1.54) is 18.3 Å². The first kappa shape index (κ1) is 46.0. The number of nitrogens with zero attached hydrogens (tertiary/aromatic N) is 8. The highest BCUT2D eigenvalue weighted by Gasteiger charge is 2.45. The Hall–Kier alpha value is -6.73. The number of amidine groups is 1. The molecule has 0 spiro atoms. The van der Waals surface area contributed by atoms with Crippen LogP contribution in [0, 0.1) is 22.5 Å². The molecular formula is C49H60F2N12O6. The minimum atomic E-state index is -1.36. The number of hydrogen-bond donors (Lipinski definition) is 5. The summed E-state index contributed by atoms with van der Waals surface area (Å²) < 4.78 is 47.7. The van der Waals surface area contributed by atoms with Crippen LogP contribution >= 0.6 is 0 Å². The molecule has 0 saturated carbocycles. The van der Waals surface area contributed by atoms with Crippen LogP contribution in [0.2, 0.25) is 0 Å². The van der Waals surface area contributed by atoms with Crippen molar-refractivity contribution < 1.29 is 28.2 Å². The summed E-state index contributed by atoms with van der Waals surface area (Å²) in [5.41, 5.74) is 13.6. The Balaban J connectivity index is 0.667. The van der Waals surface area contributed by atoms with Gasteiger partial charge in [-0.3, -0.25) is 20.0 Å². The summed E-state index contributed by atoms with van der Waals surface area (Å²) in [6.45, 7) is 6.86. The Bertz CT molecular complexity index is 2930.